The van der Waals surface area contributed by atoms with Crippen molar-refractivity contribution in [1.82, 2.24) is 9.80 Å². The zero-order chi connectivity index (χ0) is 15.0. The van der Waals surface area contributed by atoms with E-state index < -0.39 is 0 Å². The summed E-state index contributed by atoms with van der Waals surface area (Å²) in [6.07, 6.45) is 0.825. The van der Waals surface area contributed by atoms with Crippen LogP contribution < -0.4 is 0 Å². The minimum Gasteiger partial charge on any atom is -0.339 e. The van der Waals surface area contributed by atoms with Crippen LogP contribution in [-0.4, -0.2) is 53.0 Å². The molecule has 0 unspecified atom stereocenters. The molecule has 5 heteroatoms. The Bertz CT molecular complexity index is 580. The summed E-state index contributed by atoms with van der Waals surface area (Å²) in [7, 11) is 0. The Morgan fingerprint density at radius 3 is 2.48 bits per heavy atom. The number of hydrogen-bond donors (Lipinski definition) is 0. The van der Waals surface area contributed by atoms with E-state index in [1.807, 2.05) is 9.80 Å². The van der Waals surface area contributed by atoms with Crippen LogP contribution in [0.1, 0.15) is 18.1 Å². The van der Waals surface area contributed by atoms with E-state index >= 15 is 0 Å². The van der Waals surface area contributed by atoms with Gasteiger partial charge < -0.3 is 9.80 Å². The predicted octanol–water partition coefficient (Wildman–Crippen LogP) is 1.70. The van der Waals surface area contributed by atoms with Gasteiger partial charge in [0.2, 0.25) is 11.8 Å². The van der Waals surface area contributed by atoms with Crippen LogP contribution in [0, 0.1) is 6.92 Å². The second-order valence-corrected chi connectivity index (χ2v) is 7.00. The number of rotatable bonds is 1. The summed E-state index contributed by atoms with van der Waals surface area (Å²) < 4.78 is 0. The molecule has 0 spiro atoms. The minimum atomic E-state index is 0.00526. The van der Waals surface area contributed by atoms with E-state index in [0.717, 1.165) is 6.42 Å². The highest BCUT2D eigenvalue weighted by atomic mass is 32.2. The van der Waals surface area contributed by atoms with Crippen LogP contribution >= 0.6 is 11.8 Å². The molecule has 2 amide bonds. The van der Waals surface area contributed by atoms with Crippen LogP contribution in [0.15, 0.2) is 23.1 Å². The second-order valence-electron chi connectivity index (χ2n) is 5.75. The van der Waals surface area contributed by atoms with Crippen LogP contribution in [0.3, 0.4) is 0 Å². The van der Waals surface area contributed by atoms with Crippen molar-refractivity contribution in [3.8, 4) is 0 Å². The lowest BCUT2D eigenvalue weighted by Crippen LogP contribution is -2.52. The summed E-state index contributed by atoms with van der Waals surface area (Å²) in [4.78, 5) is 28.9. The first-order valence-corrected chi connectivity index (χ1v) is 8.23. The molecule has 1 aromatic rings. The van der Waals surface area contributed by atoms with E-state index in [2.05, 4.69) is 25.1 Å². The van der Waals surface area contributed by atoms with Gasteiger partial charge in [-0.05, 0) is 25.0 Å². The van der Waals surface area contributed by atoms with Crippen LogP contribution in [0.5, 0.6) is 0 Å². The highest BCUT2D eigenvalue weighted by Gasteiger charge is 2.33. The maximum absolute atomic E-state index is 12.6. The highest BCUT2D eigenvalue weighted by Crippen LogP contribution is 2.38. The Labute approximate surface area is 129 Å². The van der Waals surface area contributed by atoms with Gasteiger partial charge in [-0.25, -0.2) is 0 Å². The normalized spacial score (nSPS) is 21.3. The van der Waals surface area contributed by atoms with Gasteiger partial charge in [-0.2, -0.15) is 0 Å². The number of hydrogen-bond acceptors (Lipinski definition) is 3. The third-order valence-corrected chi connectivity index (χ3v) is 5.50. The fourth-order valence-corrected chi connectivity index (χ4v) is 4.29. The number of amides is 2. The molecule has 1 atom stereocenters. The highest BCUT2D eigenvalue weighted by molar-refractivity contribution is 8.01. The summed E-state index contributed by atoms with van der Waals surface area (Å²) >= 11 is 1.69. The lowest BCUT2D eigenvalue weighted by molar-refractivity contribution is -0.138. The molecule has 0 N–H and O–H groups in total. The molecular weight excluding hydrogens is 284 g/mol. The molecule has 112 valence electrons. The number of aryl methyl sites for hydroxylation is 1. The fourth-order valence-electron chi connectivity index (χ4n) is 2.92. The van der Waals surface area contributed by atoms with Crippen molar-refractivity contribution in [2.45, 2.75) is 30.4 Å². The van der Waals surface area contributed by atoms with Gasteiger partial charge in [0.05, 0.1) is 5.25 Å². The van der Waals surface area contributed by atoms with Crippen molar-refractivity contribution in [2.24, 2.45) is 0 Å². The van der Waals surface area contributed by atoms with Gasteiger partial charge in [0.1, 0.15) is 0 Å². The van der Waals surface area contributed by atoms with E-state index in [1.165, 1.54) is 16.0 Å². The minimum absolute atomic E-state index is 0.00526. The lowest BCUT2D eigenvalue weighted by Gasteiger charge is -2.35. The van der Waals surface area contributed by atoms with Crippen LogP contribution in [0.25, 0.3) is 0 Å². The average Bonchev–Trinajstić information content (AvgIpc) is 2.89. The molecule has 0 aliphatic carbocycles. The number of thioether (sulfide) groups is 1. The molecule has 0 saturated carbocycles. The standard InChI is InChI=1S/C16H20N2O2S/c1-11-3-4-13-10-15(21-14(13)9-11)16(20)18-7-5-17(6-8-18)12(2)19/h3-4,9,15H,5-8,10H2,1-2H3/t15-/m1/s1. The zero-order valence-corrected chi connectivity index (χ0v) is 13.3. The molecule has 2 aliphatic rings. The quantitative estimate of drug-likeness (QED) is 0.793. The number of piperazine rings is 1. The van der Waals surface area contributed by atoms with Crippen molar-refractivity contribution in [2.75, 3.05) is 26.2 Å². The molecular formula is C16H20N2O2S. The van der Waals surface area contributed by atoms with E-state index in [0.29, 0.717) is 26.2 Å². The van der Waals surface area contributed by atoms with Gasteiger partial charge in [-0.15, -0.1) is 11.8 Å². The molecule has 21 heavy (non-hydrogen) atoms. The van der Waals surface area contributed by atoms with Crippen molar-refractivity contribution in [3.05, 3.63) is 29.3 Å². The Kier molecular flexibility index (Phi) is 3.93. The monoisotopic (exact) mass is 304 g/mol. The first-order valence-electron chi connectivity index (χ1n) is 7.35. The van der Waals surface area contributed by atoms with E-state index in [-0.39, 0.29) is 17.1 Å². The maximum atomic E-state index is 12.6. The van der Waals surface area contributed by atoms with Crippen LogP contribution in [0.2, 0.25) is 0 Å². The molecule has 2 heterocycles. The summed E-state index contributed by atoms with van der Waals surface area (Å²) in [5.74, 6) is 0.317. The molecule has 0 aromatic heterocycles. The number of benzene rings is 1. The van der Waals surface area contributed by atoms with Gasteiger partial charge in [0.25, 0.3) is 0 Å². The van der Waals surface area contributed by atoms with Gasteiger partial charge in [-0.3, -0.25) is 9.59 Å². The Morgan fingerprint density at radius 1 is 1.14 bits per heavy atom. The molecule has 0 bridgehead atoms. The molecule has 1 fully saturated rings. The fraction of sp³-hybridized carbons (Fsp3) is 0.500. The third-order valence-electron chi connectivity index (χ3n) is 4.21. The molecule has 0 radical (unpaired) electrons. The average molecular weight is 304 g/mol. The topological polar surface area (TPSA) is 40.6 Å². The van der Waals surface area contributed by atoms with Crippen molar-refractivity contribution < 1.29 is 9.59 Å². The first kappa shape index (κ1) is 14.4. The summed E-state index contributed by atoms with van der Waals surface area (Å²) in [6.45, 7) is 6.30. The van der Waals surface area contributed by atoms with Gasteiger partial charge >= 0.3 is 0 Å². The Morgan fingerprint density at radius 2 is 1.81 bits per heavy atom. The molecule has 4 nitrogen and oxygen atoms in total. The summed E-state index contributed by atoms with van der Waals surface area (Å²) in [5, 5.41) is 0.00526. The second kappa shape index (κ2) is 5.72. The number of nitrogens with zero attached hydrogens (tertiary/aromatic N) is 2. The van der Waals surface area contributed by atoms with E-state index in [4.69, 9.17) is 0 Å². The molecule has 3 rings (SSSR count). The number of carbonyl (C=O) groups excluding carboxylic acids is 2. The van der Waals surface area contributed by atoms with Crippen molar-refractivity contribution in [3.63, 3.8) is 0 Å². The lowest BCUT2D eigenvalue weighted by atomic mass is 10.1. The third kappa shape index (κ3) is 2.93. The maximum Gasteiger partial charge on any atom is 0.236 e. The summed E-state index contributed by atoms with van der Waals surface area (Å²) in [5.41, 5.74) is 2.52. The number of fused-ring (bicyclic) bond motifs is 1. The Hall–Kier alpha value is -1.49. The molecule has 1 saturated heterocycles. The van der Waals surface area contributed by atoms with E-state index in [1.54, 1.807) is 18.7 Å². The molecule has 1 aromatic carbocycles. The smallest absolute Gasteiger partial charge is 0.236 e. The van der Waals surface area contributed by atoms with Crippen LogP contribution in [0.4, 0.5) is 0 Å². The first-order chi connectivity index (χ1) is 10.0. The van der Waals surface area contributed by atoms with Crippen molar-refractivity contribution in [1.29, 1.82) is 0 Å². The van der Waals surface area contributed by atoms with Crippen LogP contribution in [-0.2, 0) is 16.0 Å². The zero-order valence-electron chi connectivity index (χ0n) is 12.5. The number of carbonyl (C=O) groups is 2. The summed E-state index contributed by atoms with van der Waals surface area (Å²) in [6, 6.07) is 6.41. The largest absolute Gasteiger partial charge is 0.339 e. The van der Waals surface area contributed by atoms with E-state index in [9.17, 15) is 9.59 Å². The Balaban J connectivity index is 1.62. The van der Waals surface area contributed by atoms with Gasteiger partial charge in [0, 0.05) is 38.0 Å². The van der Waals surface area contributed by atoms with Gasteiger partial charge in [-0.1, -0.05) is 17.7 Å². The predicted molar refractivity (Wildman–Crippen MR) is 83.4 cm³/mol. The van der Waals surface area contributed by atoms with Crippen molar-refractivity contribution >= 4 is 23.6 Å². The SMILES string of the molecule is CC(=O)N1CCN(C(=O)[C@H]2Cc3ccc(C)cc3S2)CC1. The van der Waals surface area contributed by atoms with Gasteiger partial charge in [0.15, 0.2) is 0 Å². The molecule has 2 aliphatic heterocycles.